The maximum absolute atomic E-state index is 5.43. The molecule has 2 rings (SSSR count). The van der Waals surface area contributed by atoms with Crippen LogP contribution >= 0.6 is 11.8 Å². The normalized spacial score (nSPS) is 10.9. The van der Waals surface area contributed by atoms with Crippen molar-refractivity contribution < 1.29 is 4.42 Å². The van der Waals surface area contributed by atoms with Gasteiger partial charge in [0.2, 0.25) is 16.9 Å². The van der Waals surface area contributed by atoms with Crippen molar-refractivity contribution in [2.45, 2.75) is 24.4 Å². The van der Waals surface area contributed by atoms with Gasteiger partial charge in [-0.1, -0.05) is 11.8 Å². The number of thioether (sulfide) groups is 1. The molecular weight excluding hydrogens is 230 g/mol. The van der Waals surface area contributed by atoms with Crippen molar-refractivity contribution >= 4 is 11.8 Å². The van der Waals surface area contributed by atoms with Gasteiger partial charge in [-0.3, -0.25) is 0 Å². The Hall–Kier alpha value is -1.48. The molecule has 86 valence electrons. The van der Waals surface area contributed by atoms with Gasteiger partial charge in [0.1, 0.15) is 0 Å². The summed E-state index contributed by atoms with van der Waals surface area (Å²) in [5.41, 5.74) is 5.43. The molecule has 0 unspecified atom stereocenters. The topological polar surface area (TPSA) is 109 Å². The van der Waals surface area contributed by atoms with Crippen molar-refractivity contribution in [3.8, 4) is 0 Å². The first-order chi connectivity index (χ1) is 7.79. The molecule has 0 saturated carbocycles. The average Bonchev–Trinajstić information content (AvgIpc) is 2.85. The van der Waals surface area contributed by atoms with E-state index >= 15 is 0 Å². The maximum Gasteiger partial charge on any atom is 0.226 e. The van der Waals surface area contributed by atoms with E-state index in [1.807, 2.05) is 0 Å². The third-order valence-electron chi connectivity index (χ3n) is 1.73. The van der Waals surface area contributed by atoms with Gasteiger partial charge in [-0.05, 0) is 10.4 Å². The van der Waals surface area contributed by atoms with Crippen LogP contribution in [0.4, 0.5) is 0 Å². The molecule has 0 aliphatic rings. The molecule has 0 spiro atoms. The fourth-order valence-electron chi connectivity index (χ4n) is 1.08. The van der Waals surface area contributed by atoms with Crippen LogP contribution in [0.15, 0.2) is 9.57 Å². The minimum Gasteiger partial charge on any atom is -0.425 e. The quantitative estimate of drug-likeness (QED) is 0.705. The van der Waals surface area contributed by atoms with Gasteiger partial charge in [0.25, 0.3) is 0 Å². The lowest BCUT2D eigenvalue weighted by atomic mass is 10.7. The molecule has 2 aromatic rings. The zero-order valence-corrected chi connectivity index (χ0v) is 9.51. The molecule has 0 amide bonds. The van der Waals surface area contributed by atoms with E-state index in [2.05, 4.69) is 25.7 Å². The first-order valence-corrected chi connectivity index (χ1v) is 5.66. The summed E-state index contributed by atoms with van der Waals surface area (Å²) in [5, 5.41) is 19.6. The summed E-state index contributed by atoms with van der Waals surface area (Å²) >= 11 is 1.44. The number of hydrogen-bond acceptors (Lipinski definition) is 8. The van der Waals surface area contributed by atoms with Gasteiger partial charge < -0.3 is 10.2 Å². The molecule has 9 heteroatoms. The van der Waals surface area contributed by atoms with E-state index < -0.39 is 0 Å². The van der Waals surface area contributed by atoms with Crippen LogP contribution in [0.1, 0.15) is 11.8 Å². The van der Waals surface area contributed by atoms with Gasteiger partial charge in [0, 0.05) is 13.5 Å². The van der Waals surface area contributed by atoms with E-state index in [-0.39, 0.29) is 0 Å². The van der Waals surface area contributed by atoms with Crippen LogP contribution in [0.2, 0.25) is 0 Å². The van der Waals surface area contributed by atoms with Gasteiger partial charge in [0.15, 0.2) is 0 Å². The Bertz CT molecular complexity index is 453. The molecule has 2 aromatic heterocycles. The highest BCUT2D eigenvalue weighted by molar-refractivity contribution is 7.98. The summed E-state index contributed by atoms with van der Waals surface area (Å²) in [6.45, 7) is 2.84. The number of aromatic nitrogens is 6. The molecule has 0 saturated heterocycles. The van der Waals surface area contributed by atoms with E-state index in [4.69, 9.17) is 10.2 Å². The lowest BCUT2D eigenvalue weighted by Crippen LogP contribution is -2.12. The zero-order valence-electron chi connectivity index (χ0n) is 8.70. The highest BCUT2D eigenvalue weighted by Crippen LogP contribution is 2.18. The third kappa shape index (κ3) is 2.55. The molecular formula is C7H11N7OS. The predicted octanol–water partition coefficient (Wildman–Crippen LogP) is -0.384. The lowest BCUT2D eigenvalue weighted by molar-refractivity contribution is 0.485. The molecule has 0 fully saturated rings. The first-order valence-electron chi connectivity index (χ1n) is 4.67. The number of hydrogen-bond donors (Lipinski definition) is 1. The van der Waals surface area contributed by atoms with E-state index in [1.54, 1.807) is 11.6 Å². The van der Waals surface area contributed by atoms with Gasteiger partial charge in [-0.15, -0.1) is 15.3 Å². The SMILES string of the molecule is Cc1nnc(CSc2nnnn2CCN)o1. The lowest BCUT2D eigenvalue weighted by Gasteiger charge is -1.99. The van der Waals surface area contributed by atoms with Crippen LogP contribution in [-0.4, -0.2) is 36.9 Å². The minimum atomic E-state index is 0.498. The Labute approximate surface area is 95.6 Å². The van der Waals surface area contributed by atoms with Crippen LogP contribution < -0.4 is 5.73 Å². The standard InChI is InChI=1S/C7H11N7OS/c1-5-9-10-6(15-5)4-16-7-11-12-13-14(7)3-2-8/h2-4,8H2,1H3. The summed E-state index contributed by atoms with van der Waals surface area (Å²) in [6, 6.07) is 0. The number of aryl methyl sites for hydroxylation is 1. The van der Waals surface area contributed by atoms with Crippen molar-refractivity contribution in [3.05, 3.63) is 11.8 Å². The molecule has 0 aliphatic carbocycles. The Balaban J connectivity index is 1.96. The first kappa shape index (κ1) is 11.0. The summed E-state index contributed by atoms with van der Waals surface area (Å²) < 4.78 is 6.88. The average molecular weight is 241 g/mol. The highest BCUT2D eigenvalue weighted by atomic mass is 32.2. The second-order valence-corrected chi connectivity index (χ2v) is 3.92. The fourth-order valence-corrected chi connectivity index (χ4v) is 1.82. The monoisotopic (exact) mass is 241 g/mol. The van der Waals surface area contributed by atoms with E-state index in [9.17, 15) is 0 Å². The molecule has 0 aliphatic heterocycles. The molecule has 8 nitrogen and oxygen atoms in total. The Morgan fingerprint density at radius 1 is 1.38 bits per heavy atom. The molecule has 2 N–H and O–H groups in total. The van der Waals surface area contributed by atoms with Crippen molar-refractivity contribution in [1.29, 1.82) is 0 Å². The molecule has 0 radical (unpaired) electrons. The van der Waals surface area contributed by atoms with Crippen LogP contribution in [-0.2, 0) is 12.3 Å². The molecule has 16 heavy (non-hydrogen) atoms. The second-order valence-electron chi connectivity index (χ2n) is 2.98. The zero-order chi connectivity index (χ0) is 11.4. The largest absolute Gasteiger partial charge is 0.425 e. The third-order valence-corrected chi connectivity index (χ3v) is 2.67. The van der Waals surface area contributed by atoms with E-state index in [0.717, 1.165) is 0 Å². The highest BCUT2D eigenvalue weighted by Gasteiger charge is 2.09. The minimum absolute atomic E-state index is 0.498. The second kappa shape index (κ2) is 5.03. The molecule has 0 bridgehead atoms. The van der Waals surface area contributed by atoms with Crippen LogP contribution in [0.5, 0.6) is 0 Å². The van der Waals surface area contributed by atoms with E-state index in [1.165, 1.54) is 11.8 Å². The van der Waals surface area contributed by atoms with Crippen LogP contribution in [0.3, 0.4) is 0 Å². The maximum atomic E-state index is 5.43. The Morgan fingerprint density at radius 2 is 2.25 bits per heavy atom. The number of tetrazole rings is 1. The smallest absolute Gasteiger partial charge is 0.226 e. The van der Waals surface area contributed by atoms with Gasteiger partial charge in [-0.25, -0.2) is 4.68 Å². The summed E-state index contributed by atoms with van der Waals surface area (Å²) in [4.78, 5) is 0. The summed E-state index contributed by atoms with van der Waals surface area (Å²) in [7, 11) is 0. The van der Waals surface area contributed by atoms with Crippen molar-refractivity contribution in [2.75, 3.05) is 6.54 Å². The predicted molar refractivity (Wildman–Crippen MR) is 55.5 cm³/mol. The van der Waals surface area contributed by atoms with Crippen molar-refractivity contribution in [3.63, 3.8) is 0 Å². The Kier molecular flexibility index (Phi) is 3.47. The van der Waals surface area contributed by atoms with Gasteiger partial charge in [-0.2, -0.15) is 0 Å². The molecule has 0 atom stereocenters. The van der Waals surface area contributed by atoms with Crippen molar-refractivity contribution in [2.24, 2.45) is 5.73 Å². The van der Waals surface area contributed by atoms with Crippen LogP contribution in [0.25, 0.3) is 0 Å². The molecule has 0 aromatic carbocycles. The van der Waals surface area contributed by atoms with E-state index in [0.29, 0.717) is 35.8 Å². The van der Waals surface area contributed by atoms with Gasteiger partial charge >= 0.3 is 0 Å². The number of rotatable bonds is 5. The van der Waals surface area contributed by atoms with Gasteiger partial charge in [0.05, 0.1) is 12.3 Å². The molecule has 2 heterocycles. The van der Waals surface area contributed by atoms with Crippen molar-refractivity contribution in [1.82, 2.24) is 30.4 Å². The fraction of sp³-hybridized carbons (Fsp3) is 0.571. The number of nitrogens with zero attached hydrogens (tertiary/aromatic N) is 6. The summed E-state index contributed by atoms with van der Waals surface area (Å²) in [5.74, 6) is 1.66. The number of nitrogens with two attached hydrogens (primary N) is 1. The Morgan fingerprint density at radius 3 is 2.94 bits per heavy atom. The summed E-state index contributed by atoms with van der Waals surface area (Å²) in [6.07, 6.45) is 0. The van der Waals surface area contributed by atoms with Crippen LogP contribution in [0, 0.1) is 6.92 Å².